The molecule has 0 aliphatic heterocycles. The van der Waals surface area contributed by atoms with E-state index in [9.17, 15) is 0 Å². The molecule has 0 amide bonds. The summed E-state index contributed by atoms with van der Waals surface area (Å²) in [5, 5.41) is 1.21. The second kappa shape index (κ2) is 5.61. The van der Waals surface area contributed by atoms with Crippen LogP contribution in [-0.2, 0) is 0 Å². The van der Waals surface area contributed by atoms with Gasteiger partial charge in [0.1, 0.15) is 11.5 Å². The highest BCUT2D eigenvalue weighted by atomic mass is 35.5. The molecule has 0 heterocycles. The first-order valence-corrected chi connectivity index (χ1v) is 6.30. The molecule has 94 valence electrons. The summed E-state index contributed by atoms with van der Waals surface area (Å²) in [6.07, 6.45) is 0. The van der Waals surface area contributed by atoms with Gasteiger partial charge in [0.2, 0.25) is 0 Å². The first-order valence-electron chi connectivity index (χ1n) is 5.54. The van der Waals surface area contributed by atoms with Crippen LogP contribution in [0.2, 0.25) is 10.0 Å². The molecule has 2 nitrogen and oxygen atoms in total. The Morgan fingerprint density at radius 3 is 2.28 bits per heavy atom. The lowest BCUT2D eigenvalue weighted by Gasteiger charge is -2.11. The smallest absolute Gasteiger partial charge is 0.146 e. The van der Waals surface area contributed by atoms with E-state index < -0.39 is 0 Å². The summed E-state index contributed by atoms with van der Waals surface area (Å²) < 4.78 is 5.67. The van der Waals surface area contributed by atoms with Gasteiger partial charge in [-0.3, -0.25) is 0 Å². The maximum absolute atomic E-state index is 6.15. The van der Waals surface area contributed by atoms with Gasteiger partial charge >= 0.3 is 0 Å². The Morgan fingerprint density at radius 1 is 1.06 bits per heavy atom. The van der Waals surface area contributed by atoms with Crippen molar-refractivity contribution in [3.8, 4) is 11.5 Å². The lowest BCUT2D eigenvalue weighted by molar-refractivity contribution is 0.482. The van der Waals surface area contributed by atoms with Gasteiger partial charge in [-0.1, -0.05) is 29.3 Å². The van der Waals surface area contributed by atoms with Gasteiger partial charge in [-0.15, -0.1) is 0 Å². The number of nitrogens with two attached hydrogens (primary N) is 1. The highest BCUT2D eigenvalue weighted by Crippen LogP contribution is 2.31. The maximum Gasteiger partial charge on any atom is 0.146 e. The third-order valence-corrected chi connectivity index (χ3v) is 3.07. The van der Waals surface area contributed by atoms with Crippen molar-refractivity contribution < 1.29 is 4.74 Å². The van der Waals surface area contributed by atoms with Gasteiger partial charge in [-0.05, 0) is 48.9 Å². The Kier molecular flexibility index (Phi) is 4.12. The Hall–Kier alpha value is -1.22. The molecular formula is C14H13Cl2NO. The number of hydrogen-bond donors (Lipinski definition) is 1. The molecule has 0 aliphatic rings. The summed E-state index contributed by atoms with van der Waals surface area (Å²) in [7, 11) is 0. The molecule has 0 aliphatic carbocycles. The molecule has 0 fully saturated rings. The van der Waals surface area contributed by atoms with Gasteiger partial charge in [0.15, 0.2) is 0 Å². The first kappa shape index (κ1) is 13.2. The monoisotopic (exact) mass is 281 g/mol. The van der Waals surface area contributed by atoms with Gasteiger partial charge in [0, 0.05) is 11.1 Å². The maximum atomic E-state index is 6.15. The number of benzene rings is 2. The summed E-state index contributed by atoms with van der Waals surface area (Å²) in [6.45, 7) is 1.91. The van der Waals surface area contributed by atoms with Gasteiger partial charge in [0.05, 0.1) is 5.02 Å². The minimum atomic E-state index is -0.0490. The van der Waals surface area contributed by atoms with Crippen molar-refractivity contribution in [3.05, 3.63) is 58.1 Å². The number of hydrogen-bond acceptors (Lipinski definition) is 2. The van der Waals surface area contributed by atoms with Crippen molar-refractivity contribution in [1.29, 1.82) is 0 Å². The van der Waals surface area contributed by atoms with Crippen LogP contribution in [-0.4, -0.2) is 0 Å². The Bertz CT molecular complexity index is 538. The van der Waals surface area contributed by atoms with Crippen LogP contribution in [0.1, 0.15) is 18.5 Å². The Morgan fingerprint density at radius 2 is 1.72 bits per heavy atom. The standard InChI is InChI=1S/C14H13Cl2NO/c1-9(17)10-2-7-14(13(16)8-10)18-12-5-3-11(15)4-6-12/h2-9H,17H2,1H3/t9-/m1/s1. The number of ether oxygens (including phenoxy) is 1. The molecule has 1 atom stereocenters. The Balaban J connectivity index is 2.22. The second-order valence-electron chi connectivity index (χ2n) is 4.03. The molecule has 0 saturated heterocycles. The minimum Gasteiger partial charge on any atom is -0.456 e. The van der Waals surface area contributed by atoms with Crippen LogP contribution in [0.15, 0.2) is 42.5 Å². The van der Waals surface area contributed by atoms with E-state index in [1.807, 2.05) is 25.1 Å². The van der Waals surface area contributed by atoms with Crippen molar-refractivity contribution in [2.45, 2.75) is 13.0 Å². The molecule has 0 aromatic heterocycles. The van der Waals surface area contributed by atoms with E-state index >= 15 is 0 Å². The summed E-state index contributed by atoms with van der Waals surface area (Å²) in [4.78, 5) is 0. The predicted octanol–water partition coefficient (Wildman–Crippen LogP) is 4.81. The van der Waals surface area contributed by atoms with Crippen molar-refractivity contribution in [2.75, 3.05) is 0 Å². The fraction of sp³-hybridized carbons (Fsp3) is 0.143. The fourth-order valence-corrected chi connectivity index (χ4v) is 1.87. The third kappa shape index (κ3) is 3.16. The largest absolute Gasteiger partial charge is 0.456 e. The van der Waals surface area contributed by atoms with E-state index in [1.165, 1.54) is 0 Å². The zero-order valence-corrected chi connectivity index (χ0v) is 11.4. The van der Waals surface area contributed by atoms with Crippen molar-refractivity contribution >= 4 is 23.2 Å². The highest BCUT2D eigenvalue weighted by molar-refractivity contribution is 6.32. The summed E-state index contributed by atoms with van der Waals surface area (Å²) in [5.41, 5.74) is 6.76. The van der Waals surface area contributed by atoms with Crippen LogP contribution >= 0.6 is 23.2 Å². The summed E-state index contributed by atoms with van der Waals surface area (Å²) >= 11 is 12.0. The molecule has 0 radical (unpaired) electrons. The summed E-state index contributed by atoms with van der Waals surface area (Å²) in [5.74, 6) is 1.29. The Labute approximate surface area is 116 Å². The molecular weight excluding hydrogens is 269 g/mol. The predicted molar refractivity (Wildman–Crippen MR) is 75.6 cm³/mol. The topological polar surface area (TPSA) is 35.2 Å². The van der Waals surface area contributed by atoms with Crippen LogP contribution in [0.4, 0.5) is 0 Å². The first-order chi connectivity index (χ1) is 8.56. The van der Waals surface area contributed by atoms with Gasteiger partial charge < -0.3 is 10.5 Å². The van der Waals surface area contributed by atoms with E-state index in [-0.39, 0.29) is 6.04 Å². The quantitative estimate of drug-likeness (QED) is 0.877. The van der Waals surface area contributed by atoms with Crippen molar-refractivity contribution in [3.63, 3.8) is 0 Å². The molecule has 2 aromatic carbocycles. The molecule has 0 bridgehead atoms. The average Bonchev–Trinajstić information content (AvgIpc) is 2.34. The molecule has 2 N–H and O–H groups in total. The van der Waals surface area contributed by atoms with Crippen LogP contribution in [0.3, 0.4) is 0 Å². The highest BCUT2D eigenvalue weighted by Gasteiger charge is 2.06. The lowest BCUT2D eigenvalue weighted by atomic mass is 10.1. The second-order valence-corrected chi connectivity index (χ2v) is 4.88. The minimum absolute atomic E-state index is 0.0490. The van der Waals surface area contributed by atoms with E-state index in [2.05, 4.69) is 0 Å². The normalized spacial score (nSPS) is 12.2. The zero-order chi connectivity index (χ0) is 13.1. The van der Waals surface area contributed by atoms with Crippen molar-refractivity contribution in [1.82, 2.24) is 0 Å². The van der Waals surface area contributed by atoms with Gasteiger partial charge in [-0.25, -0.2) is 0 Å². The average molecular weight is 282 g/mol. The molecule has 0 unspecified atom stereocenters. The molecule has 0 saturated carbocycles. The van der Waals surface area contributed by atoms with Crippen molar-refractivity contribution in [2.24, 2.45) is 5.73 Å². The van der Waals surface area contributed by atoms with E-state index in [4.69, 9.17) is 33.7 Å². The van der Waals surface area contributed by atoms with E-state index in [0.29, 0.717) is 21.5 Å². The van der Waals surface area contributed by atoms with Gasteiger partial charge in [-0.2, -0.15) is 0 Å². The van der Waals surface area contributed by atoms with E-state index in [0.717, 1.165) is 5.56 Å². The van der Waals surface area contributed by atoms with Crippen LogP contribution < -0.4 is 10.5 Å². The third-order valence-electron chi connectivity index (χ3n) is 2.52. The fourth-order valence-electron chi connectivity index (χ4n) is 1.51. The molecule has 2 aromatic rings. The van der Waals surface area contributed by atoms with Crippen LogP contribution in [0.25, 0.3) is 0 Å². The summed E-state index contributed by atoms with van der Waals surface area (Å²) in [6, 6.07) is 12.6. The number of halogens is 2. The van der Waals surface area contributed by atoms with Crippen LogP contribution in [0, 0.1) is 0 Å². The molecule has 2 rings (SSSR count). The van der Waals surface area contributed by atoms with Crippen LogP contribution in [0.5, 0.6) is 11.5 Å². The SMILES string of the molecule is C[C@@H](N)c1ccc(Oc2ccc(Cl)cc2)c(Cl)c1. The van der Waals surface area contributed by atoms with Gasteiger partial charge in [0.25, 0.3) is 0 Å². The molecule has 4 heteroatoms. The molecule has 18 heavy (non-hydrogen) atoms. The number of rotatable bonds is 3. The molecule has 0 spiro atoms. The van der Waals surface area contributed by atoms with E-state index in [1.54, 1.807) is 24.3 Å². The zero-order valence-electron chi connectivity index (χ0n) is 9.86. The lowest BCUT2D eigenvalue weighted by Crippen LogP contribution is -2.04.